The number of nitrogens with zero attached hydrogens (tertiary/aromatic N) is 2. The van der Waals surface area contributed by atoms with Gasteiger partial charge in [0.25, 0.3) is 0 Å². The summed E-state index contributed by atoms with van der Waals surface area (Å²) in [4.78, 5) is 19.3. The number of benzene rings is 1. The van der Waals surface area contributed by atoms with E-state index in [1.54, 1.807) is 22.3 Å². The molecular formula is C17H21ClN2O2S. The van der Waals surface area contributed by atoms with E-state index in [4.69, 9.17) is 16.3 Å². The molecule has 0 aliphatic carbocycles. The summed E-state index contributed by atoms with van der Waals surface area (Å²) in [6.45, 7) is 3.19. The maximum Gasteiger partial charge on any atom is 0.222 e. The Kier molecular flexibility index (Phi) is 6.86. The van der Waals surface area contributed by atoms with Gasteiger partial charge in [0.2, 0.25) is 5.91 Å². The molecular weight excluding hydrogens is 332 g/mol. The van der Waals surface area contributed by atoms with Crippen LogP contribution in [0.3, 0.4) is 0 Å². The van der Waals surface area contributed by atoms with Crippen LogP contribution >= 0.6 is 22.9 Å². The number of thiazole rings is 1. The first-order valence-corrected chi connectivity index (χ1v) is 8.84. The second kappa shape index (κ2) is 8.89. The molecule has 4 nitrogen and oxygen atoms in total. The molecule has 0 bridgehead atoms. The zero-order valence-electron chi connectivity index (χ0n) is 13.4. The summed E-state index contributed by atoms with van der Waals surface area (Å²) in [6.07, 6.45) is 2.05. The highest BCUT2D eigenvalue weighted by Gasteiger charge is 2.10. The Morgan fingerprint density at radius 1 is 1.39 bits per heavy atom. The summed E-state index contributed by atoms with van der Waals surface area (Å²) >= 11 is 7.63. The van der Waals surface area contributed by atoms with Crippen LogP contribution in [0, 0.1) is 6.92 Å². The van der Waals surface area contributed by atoms with Crippen molar-refractivity contribution in [1.82, 2.24) is 9.88 Å². The van der Waals surface area contributed by atoms with Gasteiger partial charge in [-0.05, 0) is 31.9 Å². The molecule has 23 heavy (non-hydrogen) atoms. The zero-order valence-corrected chi connectivity index (χ0v) is 15.0. The number of carbonyl (C=O) groups is 1. The van der Waals surface area contributed by atoms with Crippen LogP contribution in [0.1, 0.15) is 23.4 Å². The minimum Gasteiger partial charge on any atom is -0.492 e. The molecule has 0 saturated carbocycles. The highest BCUT2D eigenvalue weighted by atomic mass is 35.5. The Bertz CT molecular complexity index is 645. The van der Waals surface area contributed by atoms with Gasteiger partial charge in [-0.25, -0.2) is 4.98 Å². The van der Waals surface area contributed by atoms with E-state index < -0.39 is 0 Å². The predicted molar refractivity (Wildman–Crippen MR) is 94.4 cm³/mol. The molecule has 2 aromatic rings. The van der Waals surface area contributed by atoms with E-state index in [0.717, 1.165) is 18.5 Å². The topological polar surface area (TPSA) is 42.4 Å². The Hall–Kier alpha value is -1.59. The van der Waals surface area contributed by atoms with Crippen LogP contribution < -0.4 is 4.74 Å². The lowest BCUT2D eigenvalue weighted by Gasteiger charge is -2.17. The van der Waals surface area contributed by atoms with Crippen molar-refractivity contribution in [2.75, 3.05) is 20.2 Å². The molecule has 1 amide bonds. The number of amides is 1. The molecule has 6 heteroatoms. The van der Waals surface area contributed by atoms with Crippen LogP contribution in [0.4, 0.5) is 0 Å². The van der Waals surface area contributed by atoms with Gasteiger partial charge in [0.15, 0.2) is 0 Å². The van der Waals surface area contributed by atoms with Gasteiger partial charge < -0.3 is 9.64 Å². The Morgan fingerprint density at radius 2 is 2.17 bits per heavy atom. The Labute approximate surface area is 146 Å². The fourth-order valence-electron chi connectivity index (χ4n) is 2.15. The van der Waals surface area contributed by atoms with Crippen molar-refractivity contribution in [3.8, 4) is 5.75 Å². The van der Waals surface area contributed by atoms with Crippen LogP contribution in [0.15, 0.2) is 29.8 Å². The molecule has 1 heterocycles. The summed E-state index contributed by atoms with van der Waals surface area (Å²) in [6, 6.07) is 7.40. The second-order valence-electron chi connectivity index (χ2n) is 5.31. The van der Waals surface area contributed by atoms with Crippen LogP contribution in [0.2, 0.25) is 5.02 Å². The minimum atomic E-state index is 0.149. The standard InChI is InChI=1S/C17H21ClN2O2S/c1-13-16(23-12-19-13)8-9-17(21)20(2)10-5-11-22-15-7-4-3-6-14(15)18/h3-4,6-7,12H,5,8-11H2,1-2H3. The van der Waals surface area contributed by atoms with E-state index >= 15 is 0 Å². The fourth-order valence-corrected chi connectivity index (χ4v) is 3.12. The minimum absolute atomic E-state index is 0.149. The third-order valence-electron chi connectivity index (χ3n) is 3.57. The summed E-state index contributed by atoms with van der Waals surface area (Å²) < 4.78 is 5.63. The molecule has 0 saturated heterocycles. The first-order chi connectivity index (χ1) is 11.1. The van der Waals surface area contributed by atoms with Crippen molar-refractivity contribution in [2.45, 2.75) is 26.2 Å². The molecule has 0 fully saturated rings. The van der Waals surface area contributed by atoms with Crippen molar-refractivity contribution < 1.29 is 9.53 Å². The highest BCUT2D eigenvalue weighted by Crippen LogP contribution is 2.23. The Balaban J connectivity index is 1.66. The third kappa shape index (κ3) is 5.52. The van der Waals surface area contributed by atoms with Crippen molar-refractivity contribution in [3.63, 3.8) is 0 Å². The monoisotopic (exact) mass is 352 g/mol. The molecule has 0 aliphatic heterocycles. The lowest BCUT2D eigenvalue weighted by atomic mass is 10.2. The summed E-state index contributed by atoms with van der Waals surface area (Å²) in [5.74, 6) is 0.833. The van der Waals surface area contributed by atoms with Gasteiger partial charge in [0.05, 0.1) is 22.8 Å². The van der Waals surface area contributed by atoms with E-state index in [9.17, 15) is 4.79 Å². The fraction of sp³-hybridized carbons (Fsp3) is 0.412. The highest BCUT2D eigenvalue weighted by molar-refractivity contribution is 7.09. The molecule has 2 rings (SSSR count). The van der Waals surface area contributed by atoms with Crippen LogP contribution in [-0.2, 0) is 11.2 Å². The number of hydrogen-bond donors (Lipinski definition) is 0. The number of carbonyl (C=O) groups excluding carboxylic acids is 1. The van der Waals surface area contributed by atoms with E-state index in [1.807, 2.05) is 37.7 Å². The summed E-state index contributed by atoms with van der Waals surface area (Å²) in [5, 5.41) is 0.608. The number of aryl methyl sites for hydroxylation is 2. The molecule has 0 spiro atoms. The van der Waals surface area contributed by atoms with E-state index in [0.29, 0.717) is 30.3 Å². The third-order valence-corrected chi connectivity index (χ3v) is 4.88. The lowest BCUT2D eigenvalue weighted by molar-refractivity contribution is -0.129. The van der Waals surface area contributed by atoms with Crippen molar-refractivity contribution in [1.29, 1.82) is 0 Å². The van der Waals surface area contributed by atoms with Crippen molar-refractivity contribution >= 4 is 28.8 Å². The molecule has 124 valence electrons. The smallest absolute Gasteiger partial charge is 0.222 e. The van der Waals surface area contributed by atoms with Crippen LogP contribution in [0.25, 0.3) is 0 Å². The molecule has 0 atom stereocenters. The number of para-hydroxylation sites is 1. The van der Waals surface area contributed by atoms with Crippen molar-refractivity contribution in [2.24, 2.45) is 0 Å². The Morgan fingerprint density at radius 3 is 2.87 bits per heavy atom. The van der Waals surface area contributed by atoms with Gasteiger partial charge in [-0.15, -0.1) is 11.3 Å². The van der Waals surface area contributed by atoms with Gasteiger partial charge in [0.1, 0.15) is 5.75 Å². The van der Waals surface area contributed by atoms with Crippen molar-refractivity contribution in [3.05, 3.63) is 45.4 Å². The molecule has 0 unspecified atom stereocenters. The SMILES string of the molecule is Cc1ncsc1CCC(=O)N(C)CCCOc1ccccc1Cl. The number of aromatic nitrogens is 1. The van der Waals surface area contributed by atoms with Gasteiger partial charge in [-0.3, -0.25) is 4.79 Å². The number of ether oxygens (including phenoxy) is 1. The summed E-state index contributed by atoms with van der Waals surface area (Å²) in [5.41, 5.74) is 2.85. The molecule has 1 aromatic carbocycles. The van der Waals surface area contributed by atoms with E-state index in [2.05, 4.69) is 4.98 Å². The van der Waals surface area contributed by atoms with Gasteiger partial charge in [-0.2, -0.15) is 0 Å². The van der Waals surface area contributed by atoms with E-state index in [1.165, 1.54) is 4.88 Å². The maximum absolute atomic E-state index is 12.1. The van der Waals surface area contributed by atoms with Gasteiger partial charge in [0, 0.05) is 24.9 Å². The van der Waals surface area contributed by atoms with E-state index in [-0.39, 0.29) is 5.91 Å². The van der Waals surface area contributed by atoms with Gasteiger partial charge >= 0.3 is 0 Å². The van der Waals surface area contributed by atoms with Crippen LogP contribution in [-0.4, -0.2) is 36.0 Å². The largest absolute Gasteiger partial charge is 0.492 e. The number of halogens is 1. The second-order valence-corrected chi connectivity index (χ2v) is 6.66. The maximum atomic E-state index is 12.1. The normalized spacial score (nSPS) is 10.6. The number of hydrogen-bond acceptors (Lipinski definition) is 4. The number of rotatable bonds is 8. The first kappa shape index (κ1) is 17.8. The molecule has 0 radical (unpaired) electrons. The quantitative estimate of drug-likeness (QED) is 0.675. The zero-order chi connectivity index (χ0) is 16.7. The lowest BCUT2D eigenvalue weighted by Crippen LogP contribution is -2.28. The molecule has 0 aliphatic rings. The predicted octanol–water partition coefficient (Wildman–Crippen LogP) is 3.97. The first-order valence-electron chi connectivity index (χ1n) is 7.58. The van der Waals surface area contributed by atoms with Gasteiger partial charge in [-0.1, -0.05) is 23.7 Å². The molecule has 1 aromatic heterocycles. The van der Waals surface area contributed by atoms with Crippen LogP contribution in [0.5, 0.6) is 5.75 Å². The average Bonchev–Trinajstić information content (AvgIpc) is 2.95. The summed E-state index contributed by atoms with van der Waals surface area (Å²) in [7, 11) is 1.83. The molecule has 0 N–H and O–H groups in total. The average molecular weight is 353 g/mol.